The first kappa shape index (κ1) is 13.8. The smallest absolute Gasteiger partial charge is 0.181 e. The van der Waals surface area contributed by atoms with Crippen LogP contribution in [-0.4, -0.2) is 26.9 Å². The summed E-state index contributed by atoms with van der Waals surface area (Å²) in [5, 5.41) is 13.3. The van der Waals surface area contributed by atoms with Crippen molar-refractivity contribution >= 4 is 17.2 Å². The van der Waals surface area contributed by atoms with E-state index in [2.05, 4.69) is 15.3 Å². The van der Waals surface area contributed by atoms with Crippen LogP contribution >= 0.6 is 11.6 Å². The van der Waals surface area contributed by atoms with Crippen LogP contribution in [0.15, 0.2) is 24.3 Å². The molecule has 0 bridgehead atoms. The van der Waals surface area contributed by atoms with Crippen molar-refractivity contribution in [2.75, 3.05) is 7.11 Å². The first-order valence-corrected chi connectivity index (χ1v) is 6.98. The van der Waals surface area contributed by atoms with Crippen LogP contribution in [0.3, 0.4) is 0 Å². The van der Waals surface area contributed by atoms with Gasteiger partial charge in [0.2, 0.25) is 0 Å². The second-order valence-corrected chi connectivity index (χ2v) is 5.24. The zero-order chi connectivity index (χ0) is 15.0. The van der Waals surface area contributed by atoms with Gasteiger partial charge in [0.15, 0.2) is 16.6 Å². The van der Waals surface area contributed by atoms with E-state index < -0.39 is 0 Å². The van der Waals surface area contributed by atoms with Crippen molar-refractivity contribution in [2.24, 2.45) is 0 Å². The standard InChI is InChI=1S/C15H15ClN4O/c1-9-10(2)15-18-17-13(20(15)19-14(9)16)8-11-6-4-5-7-12(11)21-3/h4-7H,8H2,1-3H3. The Morgan fingerprint density at radius 3 is 2.67 bits per heavy atom. The SMILES string of the molecule is COc1ccccc1Cc1nnc2c(C)c(C)c(Cl)nn12. The molecule has 0 aliphatic carbocycles. The van der Waals surface area contributed by atoms with Gasteiger partial charge in [-0.3, -0.25) is 0 Å². The number of aromatic nitrogens is 4. The molecule has 21 heavy (non-hydrogen) atoms. The molecule has 0 atom stereocenters. The Morgan fingerprint density at radius 2 is 1.90 bits per heavy atom. The summed E-state index contributed by atoms with van der Waals surface area (Å²) in [4.78, 5) is 0. The van der Waals surface area contributed by atoms with E-state index in [1.54, 1.807) is 11.6 Å². The Hall–Kier alpha value is -2.14. The predicted octanol–water partition coefficient (Wildman–Crippen LogP) is 2.99. The number of benzene rings is 1. The highest BCUT2D eigenvalue weighted by molar-refractivity contribution is 6.30. The second-order valence-electron chi connectivity index (χ2n) is 4.88. The number of nitrogens with zero attached hydrogens (tertiary/aromatic N) is 4. The molecule has 0 amide bonds. The van der Waals surface area contributed by atoms with Gasteiger partial charge >= 0.3 is 0 Å². The van der Waals surface area contributed by atoms with Gasteiger partial charge in [-0.2, -0.15) is 9.61 Å². The monoisotopic (exact) mass is 302 g/mol. The minimum atomic E-state index is 0.473. The fraction of sp³-hybridized carbons (Fsp3) is 0.267. The molecule has 6 heteroatoms. The van der Waals surface area contributed by atoms with Crippen LogP contribution in [0, 0.1) is 13.8 Å². The summed E-state index contributed by atoms with van der Waals surface area (Å²) in [7, 11) is 1.66. The van der Waals surface area contributed by atoms with Crippen molar-refractivity contribution in [3.8, 4) is 5.75 Å². The lowest BCUT2D eigenvalue weighted by atomic mass is 10.1. The molecule has 0 unspecified atom stereocenters. The summed E-state index contributed by atoms with van der Waals surface area (Å²) < 4.78 is 7.07. The highest BCUT2D eigenvalue weighted by atomic mass is 35.5. The average molecular weight is 303 g/mol. The molecule has 108 valence electrons. The molecule has 0 spiro atoms. The number of hydrogen-bond acceptors (Lipinski definition) is 4. The highest BCUT2D eigenvalue weighted by Crippen LogP contribution is 2.23. The van der Waals surface area contributed by atoms with Gasteiger partial charge in [0, 0.05) is 17.5 Å². The van der Waals surface area contributed by atoms with E-state index in [1.807, 2.05) is 38.1 Å². The normalized spacial score (nSPS) is 11.0. The van der Waals surface area contributed by atoms with Crippen LogP contribution < -0.4 is 4.74 Å². The number of fused-ring (bicyclic) bond motifs is 1. The maximum absolute atomic E-state index is 6.17. The summed E-state index contributed by atoms with van der Waals surface area (Å²) in [6, 6.07) is 7.83. The minimum Gasteiger partial charge on any atom is -0.496 e. The number of halogens is 1. The largest absolute Gasteiger partial charge is 0.496 e. The molecule has 0 saturated heterocycles. The van der Waals surface area contributed by atoms with E-state index in [0.717, 1.165) is 33.9 Å². The molecule has 0 N–H and O–H groups in total. The second kappa shape index (κ2) is 5.33. The molecule has 2 heterocycles. The predicted molar refractivity (Wildman–Crippen MR) is 81.1 cm³/mol. The third-order valence-corrected chi connectivity index (χ3v) is 4.00. The first-order chi connectivity index (χ1) is 10.1. The van der Waals surface area contributed by atoms with Crippen LogP contribution in [0.2, 0.25) is 5.15 Å². The molecule has 0 saturated carbocycles. The molecule has 0 aliphatic heterocycles. The Balaban J connectivity index is 2.10. The van der Waals surface area contributed by atoms with Crippen molar-refractivity contribution in [2.45, 2.75) is 20.3 Å². The average Bonchev–Trinajstić information content (AvgIpc) is 2.88. The maximum Gasteiger partial charge on any atom is 0.181 e. The van der Waals surface area contributed by atoms with Crippen molar-refractivity contribution in [3.63, 3.8) is 0 Å². The topological polar surface area (TPSA) is 52.3 Å². The summed E-state index contributed by atoms with van der Waals surface area (Å²) in [6.07, 6.45) is 0.580. The molecule has 3 aromatic rings. The Morgan fingerprint density at radius 1 is 1.14 bits per heavy atom. The Kier molecular flexibility index (Phi) is 3.51. The fourth-order valence-corrected chi connectivity index (χ4v) is 2.48. The quantitative estimate of drug-likeness (QED) is 0.746. The van der Waals surface area contributed by atoms with Gasteiger partial charge in [-0.25, -0.2) is 0 Å². The van der Waals surface area contributed by atoms with E-state index in [0.29, 0.717) is 11.6 Å². The van der Waals surface area contributed by atoms with Gasteiger partial charge in [0.05, 0.1) is 7.11 Å². The Bertz CT molecular complexity index is 813. The van der Waals surface area contributed by atoms with Crippen molar-refractivity contribution in [1.82, 2.24) is 19.8 Å². The maximum atomic E-state index is 6.17. The van der Waals surface area contributed by atoms with Crippen LogP contribution in [0.1, 0.15) is 22.5 Å². The minimum absolute atomic E-state index is 0.473. The van der Waals surface area contributed by atoms with E-state index in [4.69, 9.17) is 16.3 Å². The first-order valence-electron chi connectivity index (χ1n) is 6.60. The molecule has 1 aromatic carbocycles. The summed E-state index contributed by atoms with van der Waals surface area (Å²) in [5.74, 6) is 1.56. The molecule has 3 rings (SSSR count). The molecule has 0 radical (unpaired) electrons. The lowest BCUT2D eigenvalue weighted by Gasteiger charge is -2.08. The molecular formula is C15H15ClN4O. The third kappa shape index (κ3) is 2.34. The number of para-hydroxylation sites is 1. The van der Waals surface area contributed by atoms with E-state index in [-0.39, 0.29) is 0 Å². The molecular weight excluding hydrogens is 288 g/mol. The van der Waals surface area contributed by atoms with Gasteiger partial charge in [0.25, 0.3) is 0 Å². The van der Waals surface area contributed by atoms with Crippen molar-refractivity contribution < 1.29 is 4.74 Å². The Labute approximate surface area is 127 Å². The van der Waals surface area contributed by atoms with Crippen molar-refractivity contribution in [3.05, 3.63) is 51.9 Å². The number of rotatable bonds is 3. The van der Waals surface area contributed by atoms with Gasteiger partial charge in [-0.15, -0.1) is 10.2 Å². The third-order valence-electron chi connectivity index (χ3n) is 3.64. The number of hydrogen-bond donors (Lipinski definition) is 0. The highest BCUT2D eigenvalue weighted by Gasteiger charge is 2.15. The molecule has 0 aliphatic rings. The van der Waals surface area contributed by atoms with Crippen LogP contribution in [0.25, 0.3) is 5.65 Å². The summed E-state index contributed by atoms with van der Waals surface area (Å²) >= 11 is 6.17. The van der Waals surface area contributed by atoms with E-state index in [9.17, 15) is 0 Å². The van der Waals surface area contributed by atoms with Crippen LogP contribution in [0.4, 0.5) is 0 Å². The van der Waals surface area contributed by atoms with E-state index in [1.165, 1.54) is 0 Å². The fourth-order valence-electron chi connectivity index (χ4n) is 2.27. The number of ether oxygens (including phenoxy) is 1. The van der Waals surface area contributed by atoms with Gasteiger partial charge in [-0.1, -0.05) is 29.8 Å². The van der Waals surface area contributed by atoms with E-state index >= 15 is 0 Å². The molecule has 0 fully saturated rings. The number of methoxy groups -OCH3 is 1. The van der Waals surface area contributed by atoms with Crippen LogP contribution in [0.5, 0.6) is 5.75 Å². The zero-order valence-corrected chi connectivity index (χ0v) is 12.8. The van der Waals surface area contributed by atoms with Gasteiger partial charge in [0.1, 0.15) is 5.75 Å². The lowest BCUT2D eigenvalue weighted by molar-refractivity contribution is 0.410. The van der Waals surface area contributed by atoms with Crippen LogP contribution in [-0.2, 0) is 6.42 Å². The van der Waals surface area contributed by atoms with Gasteiger partial charge < -0.3 is 4.74 Å². The van der Waals surface area contributed by atoms with Crippen molar-refractivity contribution in [1.29, 1.82) is 0 Å². The molecule has 2 aromatic heterocycles. The van der Waals surface area contributed by atoms with Gasteiger partial charge in [-0.05, 0) is 25.5 Å². The molecule has 5 nitrogen and oxygen atoms in total. The zero-order valence-electron chi connectivity index (χ0n) is 12.1. The lowest BCUT2D eigenvalue weighted by Crippen LogP contribution is -2.04. The summed E-state index contributed by atoms with van der Waals surface area (Å²) in [6.45, 7) is 3.90. The summed E-state index contributed by atoms with van der Waals surface area (Å²) in [5.41, 5.74) is 3.70. The number of aryl methyl sites for hydroxylation is 1.